The van der Waals surface area contributed by atoms with Gasteiger partial charge in [0.2, 0.25) is 5.91 Å². The molecule has 0 radical (unpaired) electrons. The number of hydrogen-bond donors (Lipinski definition) is 1. The predicted molar refractivity (Wildman–Crippen MR) is 58.7 cm³/mol. The molecule has 1 atom stereocenters. The highest BCUT2D eigenvalue weighted by molar-refractivity contribution is 8.01. The van der Waals surface area contributed by atoms with E-state index >= 15 is 0 Å². The monoisotopic (exact) mass is 261 g/mol. The first-order chi connectivity index (χ1) is 7.38. The third kappa shape index (κ3) is 2.05. The van der Waals surface area contributed by atoms with Crippen molar-refractivity contribution < 1.29 is 17.1 Å². The molecule has 0 aromatic heterocycles. The lowest BCUT2D eigenvalue weighted by Crippen LogP contribution is -2.26. The molecule has 1 N–H and O–H groups in total. The van der Waals surface area contributed by atoms with Crippen molar-refractivity contribution in [2.45, 2.75) is 22.0 Å². The second-order valence-corrected chi connectivity index (χ2v) is 6.07. The molecular weight excluding hydrogens is 253 g/mol. The summed E-state index contributed by atoms with van der Waals surface area (Å²) in [7, 11) is -4.73. The molecule has 1 heterocycles. The Morgan fingerprint density at radius 2 is 2.12 bits per heavy atom. The quantitative estimate of drug-likeness (QED) is 0.783. The van der Waals surface area contributed by atoms with E-state index in [4.69, 9.17) is 0 Å². The molecule has 86 valence electrons. The standard InChI is InChI=1S/C9H8FNO3S2/c1-5-9(12)11-7-4-6(16(10,13)14)2-3-8(7)15-5/h2-5H,1H3,(H,11,12). The maximum atomic E-state index is 12.7. The van der Waals surface area contributed by atoms with Crippen LogP contribution >= 0.6 is 11.8 Å². The molecule has 16 heavy (non-hydrogen) atoms. The van der Waals surface area contributed by atoms with Crippen LogP contribution in [0.1, 0.15) is 6.92 Å². The Hall–Kier alpha value is -1.08. The molecule has 1 aromatic carbocycles. The fraction of sp³-hybridized carbons (Fsp3) is 0.222. The number of benzene rings is 1. The van der Waals surface area contributed by atoms with E-state index < -0.39 is 15.1 Å². The lowest BCUT2D eigenvalue weighted by Gasteiger charge is -2.21. The summed E-state index contributed by atoms with van der Waals surface area (Å²) in [4.78, 5) is 11.6. The maximum absolute atomic E-state index is 12.7. The highest BCUT2D eigenvalue weighted by Crippen LogP contribution is 2.36. The molecule has 7 heteroatoms. The van der Waals surface area contributed by atoms with Gasteiger partial charge in [-0.3, -0.25) is 4.79 Å². The van der Waals surface area contributed by atoms with Gasteiger partial charge in [-0.2, -0.15) is 8.42 Å². The molecule has 2 rings (SSSR count). The molecule has 4 nitrogen and oxygen atoms in total. The van der Waals surface area contributed by atoms with E-state index in [0.717, 1.165) is 11.0 Å². The normalized spacial score (nSPS) is 20.1. The van der Waals surface area contributed by atoms with Gasteiger partial charge in [-0.05, 0) is 25.1 Å². The van der Waals surface area contributed by atoms with Crippen molar-refractivity contribution in [3.8, 4) is 0 Å². The zero-order valence-corrected chi connectivity index (χ0v) is 9.86. The summed E-state index contributed by atoms with van der Waals surface area (Å²) in [5.74, 6) is -0.217. The fourth-order valence-electron chi connectivity index (χ4n) is 1.34. The van der Waals surface area contributed by atoms with Crippen molar-refractivity contribution in [1.29, 1.82) is 0 Å². The average Bonchev–Trinajstić information content (AvgIpc) is 2.17. The number of thioether (sulfide) groups is 1. The topological polar surface area (TPSA) is 63.2 Å². The second kappa shape index (κ2) is 3.74. The lowest BCUT2D eigenvalue weighted by molar-refractivity contribution is -0.115. The van der Waals surface area contributed by atoms with Crippen molar-refractivity contribution in [3.05, 3.63) is 18.2 Å². The van der Waals surface area contributed by atoms with Gasteiger partial charge in [-0.15, -0.1) is 15.6 Å². The lowest BCUT2D eigenvalue weighted by atomic mass is 10.3. The molecule has 1 aliphatic rings. The summed E-state index contributed by atoms with van der Waals surface area (Å²) >= 11 is 1.31. The number of anilines is 1. The molecule has 1 aromatic rings. The molecule has 0 fully saturated rings. The summed E-state index contributed by atoms with van der Waals surface area (Å²) in [6, 6.07) is 3.80. The van der Waals surface area contributed by atoms with Gasteiger partial charge in [0.1, 0.15) is 4.90 Å². The van der Waals surface area contributed by atoms with Gasteiger partial charge >= 0.3 is 10.2 Å². The van der Waals surface area contributed by atoms with E-state index in [2.05, 4.69) is 5.32 Å². The zero-order valence-electron chi connectivity index (χ0n) is 8.23. The molecule has 1 unspecified atom stereocenters. The molecule has 1 amide bonds. The number of halogens is 1. The Morgan fingerprint density at radius 1 is 1.44 bits per heavy atom. The predicted octanol–water partition coefficient (Wildman–Crippen LogP) is 1.78. The minimum Gasteiger partial charge on any atom is -0.324 e. The van der Waals surface area contributed by atoms with Crippen LogP contribution in [0.25, 0.3) is 0 Å². The summed E-state index contributed by atoms with van der Waals surface area (Å²) in [5, 5.41) is 2.30. The third-order valence-corrected chi connectivity index (χ3v) is 4.16. The van der Waals surface area contributed by atoms with Crippen LogP contribution in [0.2, 0.25) is 0 Å². The van der Waals surface area contributed by atoms with Crippen LogP contribution in [-0.2, 0) is 15.0 Å². The van der Waals surface area contributed by atoms with Gasteiger partial charge in [0.05, 0.1) is 10.9 Å². The highest BCUT2D eigenvalue weighted by Gasteiger charge is 2.24. The molecule has 0 spiro atoms. The van der Waals surface area contributed by atoms with Crippen LogP contribution in [0.5, 0.6) is 0 Å². The minimum atomic E-state index is -4.73. The van der Waals surface area contributed by atoms with Gasteiger partial charge in [-0.1, -0.05) is 0 Å². The fourth-order valence-corrected chi connectivity index (χ4v) is 2.76. The van der Waals surface area contributed by atoms with Crippen LogP contribution in [0.3, 0.4) is 0 Å². The Kier molecular flexibility index (Phi) is 2.67. The Bertz CT molecular complexity index is 556. The summed E-state index contributed by atoms with van der Waals surface area (Å²) in [6.45, 7) is 1.74. The van der Waals surface area contributed by atoms with Crippen LogP contribution in [0.4, 0.5) is 9.57 Å². The maximum Gasteiger partial charge on any atom is 0.332 e. The molecule has 0 aliphatic carbocycles. The number of fused-ring (bicyclic) bond motifs is 1. The summed E-state index contributed by atoms with van der Waals surface area (Å²) < 4.78 is 34.1. The highest BCUT2D eigenvalue weighted by atomic mass is 32.3. The average molecular weight is 261 g/mol. The molecular formula is C9H8FNO3S2. The number of carbonyl (C=O) groups is 1. The van der Waals surface area contributed by atoms with Crippen LogP contribution in [-0.4, -0.2) is 19.6 Å². The second-order valence-electron chi connectivity index (χ2n) is 3.35. The number of carbonyl (C=O) groups excluding carboxylic acids is 1. The molecule has 0 saturated heterocycles. The van der Waals surface area contributed by atoms with Crippen molar-refractivity contribution >= 4 is 33.6 Å². The van der Waals surface area contributed by atoms with E-state index in [1.165, 1.54) is 23.9 Å². The Morgan fingerprint density at radius 3 is 2.75 bits per heavy atom. The van der Waals surface area contributed by atoms with Crippen molar-refractivity contribution in [2.75, 3.05) is 5.32 Å². The van der Waals surface area contributed by atoms with Crippen LogP contribution in [0, 0.1) is 0 Å². The van der Waals surface area contributed by atoms with Gasteiger partial charge in [0.15, 0.2) is 0 Å². The van der Waals surface area contributed by atoms with E-state index in [1.54, 1.807) is 6.92 Å². The van der Waals surface area contributed by atoms with Crippen LogP contribution in [0.15, 0.2) is 28.0 Å². The molecule has 0 saturated carbocycles. The van der Waals surface area contributed by atoms with Crippen molar-refractivity contribution in [1.82, 2.24) is 0 Å². The first-order valence-corrected chi connectivity index (χ1v) is 6.70. The van der Waals surface area contributed by atoms with Crippen molar-refractivity contribution in [2.24, 2.45) is 0 Å². The van der Waals surface area contributed by atoms with E-state index in [-0.39, 0.29) is 11.2 Å². The minimum absolute atomic E-state index is 0.217. The molecule has 1 aliphatic heterocycles. The number of amides is 1. The van der Waals surface area contributed by atoms with Crippen LogP contribution < -0.4 is 5.32 Å². The number of hydrogen-bond acceptors (Lipinski definition) is 4. The van der Waals surface area contributed by atoms with E-state index in [1.807, 2.05) is 0 Å². The smallest absolute Gasteiger partial charge is 0.324 e. The molecule has 0 bridgehead atoms. The first-order valence-electron chi connectivity index (χ1n) is 4.44. The first kappa shape index (κ1) is 11.4. The largest absolute Gasteiger partial charge is 0.332 e. The van der Waals surface area contributed by atoms with Crippen molar-refractivity contribution in [3.63, 3.8) is 0 Å². The summed E-state index contributed by atoms with van der Waals surface area (Å²) in [6.07, 6.45) is 0. The van der Waals surface area contributed by atoms with Gasteiger partial charge in [-0.25, -0.2) is 0 Å². The SMILES string of the molecule is CC1Sc2ccc(S(=O)(=O)F)cc2NC1=O. The third-order valence-electron chi connectivity index (χ3n) is 2.16. The van der Waals surface area contributed by atoms with Gasteiger partial charge in [0.25, 0.3) is 0 Å². The number of nitrogens with one attached hydrogen (secondary N) is 1. The zero-order chi connectivity index (χ0) is 11.9. The Labute approximate surface area is 96.4 Å². The number of rotatable bonds is 1. The van der Waals surface area contributed by atoms with Gasteiger partial charge < -0.3 is 5.32 Å². The Balaban J connectivity index is 2.48. The van der Waals surface area contributed by atoms with E-state index in [0.29, 0.717) is 5.69 Å². The van der Waals surface area contributed by atoms with Gasteiger partial charge in [0, 0.05) is 4.90 Å². The summed E-state index contributed by atoms with van der Waals surface area (Å²) in [5.41, 5.74) is 0.340. The van der Waals surface area contributed by atoms with E-state index in [9.17, 15) is 17.1 Å².